The minimum absolute atomic E-state index is 0.191. The topological polar surface area (TPSA) is 74.1 Å². The predicted molar refractivity (Wildman–Crippen MR) is 77.5 cm³/mol. The fourth-order valence-corrected chi connectivity index (χ4v) is 2.07. The molecule has 1 aliphatic heterocycles. The van der Waals surface area contributed by atoms with Crippen LogP contribution < -0.4 is 9.64 Å². The second kappa shape index (κ2) is 5.63. The summed E-state index contributed by atoms with van der Waals surface area (Å²) in [6.07, 6.45) is 1.76. The van der Waals surface area contributed by atoms with Crippen LogP contribution in [0.25, 0.3) is 10.4 Å². The maximum atomic E-state index is 8.33. The van der Waals surface area contributed by atoms with Crippen LogP contribution in [0.2, 0.25) is 0 Å². The van der Waals surface area contributed by atoms with E-state index in [9.17, 15) is 0 Å². The molecular formula is C13H12BN5O. The van der Waals surface area contributed by atoms with Gasteiger partial charge in [0.1, 0.15) is 0 Å². The van der Waals surface area contributed by atoms with Crippen LogP contribution in [0.5, 0.6) is 5.75 Å². The number of hydrogen-bond donors (Lipinski definition) is 0. The van der Waals surface area contributed by atoms with Crippen LogP contribution in [0.4, 0.5) is 11.4 Å². The van der Waals surface area contributed by atoms with Gasteiger partial charge in [-0.2, -0.15) is 0 Å². The summed E-state index contributed by atoms with van der Waals surface area (Å²) in [5, 5.41) is 3.50. The molecule has 1 saturated heterocycles. The van der Waals surface area contributed by atoms with Gasteiger partial charge in [0.05, 0.1) is 0 Å². The van der Waals surface area contributed by atoms with Gasteiger partial charge >= 0.3 is 116 Å². The number of nitrogens with zero attached hydrogens (tertiary/aromatic N) is 5. The Morgan fingerprint density at radius 3 is 2.80 bits per heavy atom. The van der Waals surface area contributed by atoms with Crippen molar-refractivity contribution in [3.63, 3.8) is 0 Å². The van der Waals surface area contributed by atoms with Gasteiger partial charge in [-0.15, -0.1) is 0 Å². The first-order valence-corrected chi connectivity index (χ1v) is 6.33. The number of para-hydroxylation sites is 1. The molecule has 0 unspecified atom stereocenters. The summed E-state index contributed by atoms with van der Waals surface area (Å²) in [5.41, 5.74) is 9.73. The van der Waals surface area contributed by atoms with E-state index in [1.54, 1.807) is 12.2 Å². The Morgan fingerprint density at radius 2 is 2.15 bits per heavy atom. The van der Waals surface area contributed by atoms with Crippen molar-refractivity contribution in [2.24, 2.45) is 5.11 Å². The third kappa shape index (κ3) is 2.73. The Labute approximate surface area is 116 Å². The zero-order valence-electron chi connectivity index (χ0n) is 10.8. The number of anilines is 1. The van der Waals surface area contributed by atoms with Crippen molar-refractivity contribution >= 4 is 18.3 Å². The molecule has 0 N–H and O–H groups in total. The van der Waals surface area contributed by atoms with Crippen LogP contribution in [0.1, 0.15) is 0 Å². The summed E-state index contributed by atoms with van der Waals surface area (Å²) in [4.78, 5) is 9.11. The molecule has 0 aliphatic carbocycles. The van der Waals surface area contributed by atoms with Crippen LogP contribution in [0.15, 0.2) is 47.6 Å². The molecule has 0 radical (unpaired) electrons. The quantitative estimate of drug-likeness (QED) is 0.484. The molecule has 1 aromatic carbocycles. The standard InChI is InChI=1S/C13H12BN5O/c15-18-17-10-6-14-13(16-7-10)19-8-12(9-19)20-11-4-2-1-3-5-11/h1-7,12H,8-9H2. The van der Waals surface area contributed by atoms with Gasteiger partial charge in [-0.3, -0.25) is 0 Å². The van der Waals surface area contributed by atoms with Crippen molar-refractivity contribution in [3.05, 3.63) is 52.9 Å². The summed E-state index contributed by atoms with van der Waals surface area (Å²) in [6.45, 7) is 3.47. The monoisotopic (exact) mass is 265 g/mol. The van der Waals surface area contributed by atoms with Crippen molar-refractivity contribution in [1.29, 1.82) is 0 Å². The zero-order chi connectivity index (χ0) is 13.8. The molecule has 2 aromatic rings. The van der Waals surface area contributed by atoms with Crippen LogP contribution in [-0.2, 0) is 0 Å². The fourth-order valence-electron chi connectivity index (χ4n) is 2.07. The summed E-state index contributed by atoms with van der Waals surface area (Å²) in [7, 11) is 0. The molecule has 6 nitrogen and oxygen atoms in total. The van der Waals surface area contributed by atoms with E-state index in [4.69, 9.17) is 10.3 Å². The molecule has 0 bridgehead atoms. The van der Waals surface area contributed by atoms with Crippen LogP contribution >= 0.6 is 0 Å². The normalized spacial score (nSPS) is 14.1. The third-order valence-electron chi connectivity index (χ3n) is 3.11. The van der Waals surface area contributed by atoms with Gasteiger partial charge in [0.25, 0.3) is 0 Å². The summed E-state index contributed by atoms with van der Waals surface area (Å²) in [5.74, 6) is 2.65. The second-order valence-electron chi connectivity index (χ2n) is 4.52. The Bertz CT molecular complexity index is 621. The van der Waals surface area contributed by atoms with Gasteiger partial charge in [0.2, 0.25) is 0 Å². The molecule has 7 heteroatoms. The number of hydrogen-bond acceptors (Lipinski definition) is 4. The maximum absolute atomic E-state index is 8.33. The summed E-state index contributed by atoms with van der Waals surface area (Å²) < 4.78 is 5.83. The van der Waals surface area contributed by atoms with E-state index in [0.717, 1.165) is 24.6 Å². The van der Waals surface area contributed by atoms with Gasteiger partial charge in [-0.05, 0) is 0 Å². The van der Waals surface area contributed by atoms with Crippen LogP contribution in [-0.4, -0.2) is 31.1 Å². The summed E-state index contributed by atoms with van der Waals surface area (Å²) in [6, 6.07) is 9.80. The first kappa shape index (κ1) is 12.5. The van der Waals surface area contributed by atoms with Crippen LogP contribution in [0, 0.1) is 0 Å². The van der Waals surface area contributed by atoms with Crippen molar-refractivity contribution in [3.8, 4) is 5.75 Å². The van der Waals surface area contributed by atoms with Crippen molar-refractivity contribution in [2.75, 3.05) is 18.0 Å². The first-order valence-electron chi connectivity index (χ1n) is 6.33. The minimum atomic E-state index is 0.191. The Balaban J connectivity index is 1.56. The molecule has 1 aromatic heterocycles. The molecule has 0 atom stereocenters. The van der Waals surface area contributed by atoms with Crippen LogP contribution in [0.3, 0.4) is 0 Å². The molecule has 20 heavy (non-hydrogen) atoms. The van der Waals surface area contributed by atoms with E-state index in [1.165, 1.54) is 0 Å². The molecule has 3 rings (SSSR count). The third-order valence-corrected chi connectivity index (χ3v) is 3.11. The second-order valence-corrected chi connectivity index (χ2v) is 4.52. The molecule has 98 valence electrons. The number of azide groups is 1. The molecule has 0 amide bonds. The molecule has 1 aliphatic rings. The fraction of sp³-hybridized carbons (Fsp3) is 0.231. The first-order chi connectivity index (χ1) is 9.85. The molecule has 0 spiro atoms. The van der Waals surface area contributed by atoms with E-state index in [0.29, 0.717) is 5.69 Å². The van der Waals surface area contributed by atoms with Gasteiger partial charge in [-0.1, -0.05) is 0 Å². The Morgan fingerprint density at radius 1 is 1.35 bits per heavy atom. The van der Waals surface area contributed by atoms with E-state index >= 15 is 0 Å². The van der Waals surface area contributed by atoms with Gasteiger partial charge in [0.15, 0.2) is 0 Å². The molecule has 0 saturated carbocycles. The van der Waals surface area contributed by atoms with E-state index in [-0.39, 0.29) is 6.10 Å². The van der Waals surface area contributed by atoms with E-state index < -0.39 is 0 Å². The number of benzene rings is 1. The molecular weight excluding hydrogens is 253 g/mol. The van der Waals surface area contributed by atoms with Gasteiger partial charge < -0.3 is 0 Å². The van der Waals surface area contributed by atoms with Crippen molar-refractivity contribution in [2.45, 2.75) is 6.10 Å². The average molecular weight is 265 g/mol. The van der Waals surface area contributed by atoms with E-state index in [2.05, 4.69) is 19.9 Å². The predicted octanol–water partition coefficient (Wildman–Crippen LogP) is 2.63. The van der Waals surface area contributed by atoms with Crippen molar-refractivity contribution < 1.29 is 4.74 Å². The van der Waals surface area contributed by atoms with Crippen molar-refractivity contribution in [1.82, 2.24) is 4.98 Å². The van der Waals surface area contributed by atoms with Gasteiger partial charge in [-0.25, -0.2) is 0 Å². The zero-order valence-corrected chi connectivity index (χ0v) is 10.8. The Kier molecular flexibility index (Phi) is 3.52. The molecule has 1 fully saturated rings. The Hall–Kier alpha value is -2.53. The number of ether oxygens (including phenoxy) is 1. The average Bonchev–Trinajstić information content (AvgIpc) is 2.45. The summed E-state index contributed by atoms with van der Waals surface area (Å²) >= 11 is 0. The number of rotatable bonds is 4. The number of aromatic nitrogens is 1. The SMILES string of the molecule is [N-]=[N+]=Nc1cbc(N2CC(Oc3ccccc3)C2)nc1. The van der Waals surface area contributed by atoms with Gasteiger partial charge in [0, 0.05) is 0 Å². The van der Waals surface area contributed by atoms with E-state index in [1.807, 2.05) is 37.2 Å². The molecule has 2 heterocycles.